The van der Waals surface area contributed by atoms with Gasteiger partial charge in [-0.3, -0.25) is 10.1 Å². The van der Waals surface area contributed by atoms with E-state index in [4.69, 9.17) is 16.3 Å². The lowest BCUT2D eigenvalue weighted by molar-refractivity contribution is 0.102. The largest absolute Gasteiger partial charge is 0.497 e. The Morgan fingerprint density at radius 1 is 1.36 bits per heavy atom. The second-order valence-corrected chi connectivity index (χ2v) is 5.86. The van der Waals surface area contributed by atoms with Crippen molar-refractivity contribution in [2.24, 2.45) is 0 Å². The molecule has 3 aromatic rings. The third-order valence-corrected chi connectivity index (χ3v) is 4.11. The first-order valence-corrected chi connectivity index (χ1v) is 7.51. The van der Waals surface area contributed by atoms with Crippen molar-refractivity contribution in [3.63, 3.8) is 0 Å². The van der Waals surface area contributed by atoms with Crippen LogP contribution in [-0.2, 0) is 0 Å². The van der Waals surface area contributed by atoms with Gasteiger partial charge in [0, 0.05) is 0 Å². The molecule has 1 aromatic carbocycles. The summed E-state index contributed by atoms with van der Waals surface area (Å²) in [6.45, 7) is 1.69. The monoisotopic (exact) mass is 334 g/mol. The fourth-order valence-corrected chi connectivity index (χ4v) is 2.92. The summed E-state index contributed by atoms with van der Waals surface area (Å²) in [5, 5.41) is 3.38. The topological polar surface area (TPSA) is 77.0 Å². The SMILES string of the molecule is COc1ccc2nc(NC(=O)c3nc(C)ncc3Cl)sc2c1. The van der Waals surface area contributed by atoms with E-state index in [0.29, 0.717) is 11.0 Å². The number of benzene rings is 1. The average molecular weight is 335 g/mol. The maximum Gasteiger partial charge on any atom is 0.277 e. The summed E-state index contributed by atoms with van der Waals surface area (Å²) in [5.74, 6) is 0.800. The molecule has 0 unspecified atom stereocenters. The molecule has 0 spiro atoms. The summed E-state index contributed by atoms with van der Waals surface area (Å²) in [4.78, 5) is 24.6. The van der Waals surface area contributed by atoms with E-state index < -0.39 is 5.91 Å². The number of thiazole rings is 1. The van der Waals surface area contributed by atoms with Gasteiger partial charge in [-0.2, -0.15) is 0 Å². The minimum atomic E-state index is -0.415. The summed E-state index contributed by atoms with van der Waals surface area (Å²) in [5.41, 5.74) is 0.914. The molecular weight excluding hydrogens is 324 g/mol. The maximum atomic E-state index is 12.2. The minimum absolute atomic E-state index is 0.131. The number of anilines is 1. The van der Waals surface area contributed by atoms with Gasteiger partial charge in [0.15, 0.2) is 10.8 Å². The number of carbonyl (C=O) groups is 1. The highest BCUT2D eigenvalue weighted by Crippen LogP contribution is 2.29. The molecule has 112 valence electrons. The Labute approximate surface area is 135 Å². The maximum absolute atomic E-state index is 12.2. The zero-order valence-corrected chi connectivity index (χ0v) is 13.3. The van der Waals surface area contributed by atoms with Crippen LogP contribution in [0.3, 0.4) is 0 Å². The second kappa shape index (κ2) is 5.86. The molecule has 2 heterocycles. The summed E-state index contributed by atoms with van der Waals surface area (Å²) in [6.07, 6.45) is 1.40. The molecule has 0 aliphatic rings. The van der Waals surface area contributed by atoms with Gasteiger partial charge in [-0.1, -0.05) is 22.9 Å². The molecule has 0 saturated heterocycles. The van der Waals surface area contributed by atoms with E-state index in [2.05, 4.69) is 20.3 Å². The molecule has 3 rings (SSSR count). The molecule has 0 saturated carbocycles. The highest BCUT2D eigenvalue weighted by atomic mass is 35.5. The molecule has 0 radical (unpaired) electrons. The molecule has 0 aliphatic heterocycles. The van der Waals surface area contributed by atoms with Crippen molar-refractivity contribution >= 4 is 44.2 Å². The van der Waals surface area contributed by atoms with Crippen LogP contribution in [0.15, 0.2) is 24.4 Å². The second-order valence-electron chi connectivity index (χ2n) is 4.42. The van der Waals surface area contributed by atoms with Crippen molar-refractivity contribution in [3.8, 4) is 5.75 Å². The molecule has 2 aromatic heterocycles. The zero-order valence-electron chi connectivity index (χ0n) is 11.8. The van der Waals surface area contributed by atoms with Crippen LogP contribution >= 0.6 is 22.9 Å². The Bertz CT molecular complexity index is 865. The van der Waals surface area contributed by atoms with Crippen molar-refractivity contribution in [2.75, 3.05) is 12.4 Å². The molecule has 22 heavy (non-hydrogen) atoms. The number of hydrogen-bond acceptors (Lipinski definition) is 6. The van der Waals surface area contributed by atoms with E-state index in [0.717, 1.165) is 16.0 Å². The molecular formula is C14H11ClN4O2S. The Morgan fingerprint density at radius 2 is 2.18 bits per heavy atom. The number of ether oxygens (including phenoxy) is 1. The molecule has 6 nitrogen and oxygen atoms in total. The lowest BCUT2D eigenvalue weighted by Gasteiger charge is -2.03. The molecule has 8 heteroatoms. The lowest BCUT2D eigenvalue weighted by Crippen LogP contribution is -2.15. The summed E-state index contributed by atoms with van der Waals surface area (Å²) < 4.78 is 6.08. The normalized spacial score (nSPS) is 10.7. The smallest absolute Gasteiger partial charge is 0.277 e. The van der Waals surface area contributed by atoms with Crippen molar-refractivity contribution in [1.82, 2.24) is 15.0 Å². The minimum Gasteiger partial charge on any atom is -0.497 e. The Balaban J connectivity index is 1.89. The lowest BCUT2D eigenvalue weighted by atomic mass is 10.3. The quantitative estimate of drug-likeness (QED) is 0.795. The Kier molecular flexibility index (Phi) is 3.91. The molecule has 1 N–H and O–H groups in total. The van der Waals surface area contributed by atoms with Crippen LogP contribution in [0.5, 0.6) is 5.75 Å². The van der Waals surface area contributed by atoms with Crippen LogP contribution < -0.4 is 10.1 Å². The van der Waals surface area contributed by atoms with Gasteiger partial charge in [0.25, 0.3) is 5.91 Å². The van der Waals surface area contributed by atoms with Gasteiger partial charge in [0.1, 0.15) is 11.6 Å². The van der Waals surface area contributed by atoms with E-state index in [-0.39, 0.29) is 10.7 Å². The molecule has 0 aliphatic carbocycles. The highest BCUT2D eigenvalue weighted by molar-refractivity contribution is 7.22. The number of aryl methyl sites for hydroxylation is 1. The first-order valence-electron chi connectivity index (χ1n) is 6.32. The number of aromatic nitrogens is 3. The van der Waals surface area contributed by atoms with Crippen LogP contribution in [0, 0.1) is 6.92 Å². The number of methoxy groups -OCH3 is 1. The molecule has 1 amide bonds. The Morgan fingerprint density at radius 3 is 2.95 bits per heavy atom. The first kappa shape index (κ1) is 14.7. The van der Waals surface area contributed by atoms with Gasteiger partial charge < -0.3 is 4.74 Å². The van der Waals surface area contributed by atoms with E-state index in [1.165, 1.54) is 17.5 Å². The standard InChI is InChI=1S/C14H11ClN4O2S/c1-7-16-6-9(15)12(17-7)13(20)19-14-18-10-4-3-8(21-2)5-11(10)22-14/h3-6H,1-2H3,(H,18,19,20). The zero-order chi connectivity index (χ0) is 15.7. The number of hydrogen-bond donors (Lipinski definition) is 1. The number of carbonyl (C=O) groups excluding carboxylic acids is 1. The first-order chi connectivity index (χ1) is 10.6. The van der Waals surface area contributed by atoms with Crippen LogP contribution in [0.25, 0.3) is 10.2 Å². The number of fused-ring (bicyclic) bond motifs is 1. The summed E-state index contributed by atoms with van der Waals surface area (Å²) in [6, 6.07) is 5.52. The van der Waals surface area contributed by atoms with Gasteiger partial charge in [-0.15, -0.1) is 0 Å². The fraction of sp³-hybridized carbons (Fsp3) is 0.143. The third kappa shape index (κ3) is 2.86. The van der Waals surface area contributed by atoms with Gasteiger partial charge >= 0.3 is 0 Å². The highest BCUT2D eigenvalue weighted by Gasteiger charge is 2.15. The van der Waals surface area contributed by atoms with Crippen LogP contribution in [-0.4, -0.2) is 28.0 Å². The van der Waals surface area contributed by atoms with Gasteiger partial charge in [0.05, 0.1) is 28.5 Å². The van der Waals surface area contributed by atoms with Crippen molar-refractivity contribution in [1.29, 1.82) is 0 Å². The van der Waals surface area contributed by atoms with Crippen molar-refractivity contribution in [3.05, 3.63) is 40.9 Å². The van der Waals surface area contributed by atoms with Gasteiger partial charge in [-0.25, -0.2) is 15.0 Å². The van der Waals surface area contributed by atoms with E-state index >= 15 is 0 Å². The van der Waals surface area contributed by atoms with Gasteiger partial charge in [-0.05, 0) is 25.1 Å². The van der Waals surface area contributed by atoms with E-state index in [9.17, 15) is 4.79 Å². The van der Waals surface area contributed by atoms with Crippen LogP contribution in [0.2, 0.25) is 5.02 Å². The number of amides is 1. The predicted octanol–water partition coefficient (Wildman–Crippen LogP) is 3.31. The number of nitrogens with zero attached hydrogens (tertiary/aromatic N) is 3. The van der Waals surface area contributed by atoms with E-state index in [1.807, 2.05) is 18.2 Å². The number of rotatable bonds is 3. The van der Waals surface area contributed by atoms with Crippen molar-refractivity contribution in [2.45, 2.75) is 6.92 Å². The van der Waals surface area contributed by atoms with E-state index in [1.54, 1.807) is 14.0 Å². The third-order valence-electron chi connectivity index (χ3n) is 2.90. The van der Waals surface area contributed by atoms with Crippen LogP contribution in [0.1, 0.15) is 16.3 Å². The predicted molar refractivity (Wildman–Crippen MR) is 85.9 cm³/mol. The van der Waals surface area contributed by atoms with Crippen LogP contribution in [0.4, 0.5) is 5.13 Å². The fourth-order valence-electron chi connectivity index (χ4n) is 1.86. The van der Waals surface area contributed by atoms with Crippen molar-refractivity contribution < 1.29 is 9.53 Å². The summed E-state index contributed by atoms with van der Waals surface area (Å²) >= 11 is 7.31. The molecule has 0 bridgehead atoms. The molecule has 0 fully saturated rings. The number of halogens is 1. The summed E-state index contributed by atoms with van der Waals surface area (Å²) in [7, 11) is 1.60. The number of nitrogens with one attached hydrogen (secondary N) is 1. The molecule has 0 atom stereocenters. The average Bonchev–Trinajstić information content (AvgIpc) is 2.90. The van der Waals surface area contributed by atoms with Gasteiger partial charge in [0.2, 0.25) is 0 Å². The Hall–Kier alpha value is -2.25.